The number of hydrogen-bond donors (Lipinski definition) is 1. The third kappa shape index (κ3) is 1.12. The van der Waals surface area contributed by atoms with Gasteiger partial charge in [0.1, 0.15) is 0 Å². The van der Waals surface area contributed by atoms with Gasteiger partial charge in [-0.1, -0.05) is 30.4 Å². The van der Waals surface area contributed by atoms with Crippen LogP contribution in [0, 0.1) is 0 Å². The van der Waals surface area contributed by atoms with Crippen LogP contribution in [0.1, 0.15) is 35.4 Å². The molecule has 0 saturated heterocycles. The molecule has 0 spiro atoms. The monoisotopic (exact) mass is 186 g/mol. The minimum atomic E-state index is -0.0544. The van der Waals surface area contributed by atoms with Gasteiger partial charge in [-0.25, -0.2) is 0 Å². The topological polar surface area (TPSA) is 20.2 Å². The number of benzene rings is 1. The Morgan fingerprint density at radius 1 is 1.21 bits per heavy atom. The molecule has 0 aliphatic heterocycles. The van der Waals surface area contributed by atoms with Gasteiger partial charge in [0.25, 0.3) is 0 Å². The lowest BCUT2D eigenvalue weighted by Gasteiger charge is -2.32. The number of fused-ring (bicyclic) bond motifs is 1. The Bertz CT molecular complexity index is 386. The number of aliphatic hydroxyl groups excluding tert-OH is 1. The lowest BCUT2D eigenvalue weighted by molar-refractivity contribution is 0.0746. The van der Waals surface area contributed by atoms with Crippen molar-refractivity contribution >= 4 is 6.08 Å². The summed E-state index contributed by atoms with van der Waals surface area (Å²) in [5, 5.41) is 9.31. The fourth-order valence-corrected chi connectivity index (χ4v) is 2.52. The van der Waals surface area contributed by atoms with Crippen LogP contribution in [0.5, 0.6) is 0 Å². The molecule has 2 aliphatic carbocycles. The van der Waals surface area contributed by atoms with E-state index in [1.54, 1.807) is 0 Å². The molecule has 1 heteroatoms. The predicted octanol–water partition coefficient (Wildman–Crippen LogP) is 2.49. The van der Waals surface area contributed by atoms with E-state index in [2.05, 4.69) is 30.4 Å². The van der Waals surface area contributed by atoms with Crippen molar-refractivity contribution in [3.8, 4) is 0 Å². The van der Waals surface area contributed by atoms with E-state index in [1.165, 1.54) is 16.7 Å². The first kappa shape index (κ1) is 8.25. The van der Waals surface area contributed by atoms with Crippen molar-refractivity contribution in [2.24, 2.45) is 0 Å². The van der Waals surface area contributed by atoms with Crippen LogP contribution in [0.25, 0.3) is 6.08 Å². The molecule has 0 aromatic heterocycles. The van der Waals surface area contributed by atoms with E-state index in [0.29, 0.717) is 5.92 Å². The molecule has 1 aromatic carbocycles. The average molecular weight is 186 g/mol. The summed E-state index contributed by atoms with van der Waals surface area (Å²) in [5.41, 5.74) is 4.31. The highest BCUT2D eigenvalue weighted by molar-refractivity contribution is 5.64. The lowest BCUT2D eigenvalue weighted by atomic mass is 9.75. The van der Waals surface area contributed by atoms with Gasteiger partial charge < -0.3 is 5.11 Å². The molecule has 3 rings (SSSR count). The average Bonchev–Trinajstić information content (AvgIpc) is 2.60. The number of allylic oxidation sites excluding steroid dienone is 1. The zero-order chi connectivity index (χ0) is 9.54. The second-order valence-corrected chi connectivity index (χ2v) is 4.35. The lowest BCUT2D eigenvalue weighted by Crippen LogP contribution is -2.26. The predicted molar refractivity (Wildman–Crippen MR) is 57.2 cm³/mol. The van der Waals surface area contributed by atoms with E-state index in [4.69, 9.17) is 0 Å². The number of rotatable bonds is 1. The maximum absolute atomic E-state index is 9.31. The summed E-state index contributed by atoms with van der Waals surface area (Å²) in [6, 6.07) is 6.56. The molecular formula is C13H14O. The van der Waals surface area contributed by atoms with Crippen LogP contribution in [-0.2, 0) is 6.42 Å². The Morgan fingerprint density at radius 3 is 2.86 bits per heavy atom. The summed E-state index contributed by atoms with van der Waals surface area (Å²) < 4.78 is 0. The maximum atomic E-state index is 9.31. The van der Waals surface area contributed by atoms with Crippen LogP contribution in [-0.4, -0.2) is 11.2 Å². The third-order valence-corrected chi connectivity index (χ3v) is 3.41. The molecule has 0 radical (unpaired) electrons. The van der Waals surface area contributed by atoms with Crippen LogP contribution in [0.3, 0.4) is 0 Å². The molecule has 0 atom stereocenters. The van der Waals surface area contributed by atoms with Gasteiger partial charge in [-0.2, -0.15) is 0 Å². The SMILES string of the molecule is OC1CC(c2cccc3c2C=CC3)C1. The molecule has 0 heterocycles. The van der Waals surface area contributed by atoms with Crippen molar-refractivity contribution in [1.29, 1.82) is 0 Å². The zero-order valence-electron chi connectivity index (χ0n) is 8.11. The highest BCUT2D eigenvalue weighted by Gasteiger charge is 2.30. The van der Waals surface area contributed by atoms with Crippen molar-refractivity contribution in [3.63, 3.8) is 0 Å². The Labute approximate surface area is 84.1 Å². The third-order valence-electron chi connectivity index (χ3n) is 3.41. The Balaban J connectivity index is 1.98. The molecule has 1 aromatic rings. The first-order valence-electron chi connectivity index (χ1n) is 5.31. The second-order valence-electron chi connectivity index (χ2n) is 4.35. The molecule has 14 heavy (non-hydrogen) atoms. The molecular weight excluding hydrogens is 172 g/mol. The number of hydrogen-bond acceptors (Lipinski definition) is 1. The molecule has 0 amide bonds. The highest BCUT2D eigenvalue weighted by Crippen LogP contribution is 2.40. The van der Waals surface area contributed by atoms with Crippen LogP contribution in [0.15, 0.2) is 24.3 Å². The Kier molecular flexibility index (Phi) is 1.74. The second kappa shape index (κ2) is 2.96. The van der Waals surface area contributed by atoms with Gasteiger partial charge in [-0.05, 0) is 41.9 Å². The Morgan fingerprint density at radius 2 is 2.07 bits per heavy atom. The minimum Gasteiger partial charge on any atom is -0.393 e. The molecule has 72 valence electrons. The quantitative estimate of drug-likeness (QED) is 0.714. The van der Waals surface area contributed by atoms with Crippen LogP contribution in [0.2, 0.25) is 0 Å². The zero-order valence-corrected chi connectivity index (χ0v) is 8.11. The van der Waals surface area contributed by atoms with Crippen LogP contribution in [0.4, 0.5) is 0 Å². The van der Waals surface area contributed by atoms with E-state index >= 15 is 0 Å². The van der Waals surface area contributed by atoms with E-state index in [-0.39, 0.29) is 6.10 Å². The molecule has 2 aliphatic rings. The van der Waals surface area contributed by atoms with Crippen molar-refractivity contribution in [2.45, 2.75) is 31.3 Å². The van der Waals surface area contributed by atoms with Gasteiger partial charge in [-0.3, -0.25) is 0 Å². The van der Waals surface area contributed by atoms with Gasteiger partial charge in [0, 0.05) is 0 Å². The van der Waals surface area contributed by atoms with Crippen molar-refractivity contribution in [1.82, 2.24) is 0 Å². The van der Waals surface area contributed by atoms with Crippen LogP contribution < -0.4 is 0 Å². The summed E-state index contributed by atoms with van der Waals surface area (Å²) in [6.45, 7) is 0. The van der Waals surface area contributed by atoms with Crippen molar-refractivity contribution in [2.75, 3.05) is 0 Å². The molecule has 0 unspecified atom stereocenters. The van der Waals surface area contributed by atoms with E-state index in [9.17, 15) is 5.11 Å². The molecule has 1 N–H and O–H groups in total. The first-order valence-corrected chi connectivity index (χ1v) is 5.31. The standard InChI is InChI=1S/C13H14O/c14-11-7-10(8-11)13-6-2-4-9-3-1-5-12(9)13/h1-2,4-6,10-11,14H,3,7-8H2. The van der Waals surface area contributed by atoms with Gasteiger partial charge in [0.2, 0.25) is 0 Å². The van der Waals surface area contributed by atoms with Gasteiger partial charge in [0.15, 0.2) is 0 Å². The van der Waals surface area contributed by atoms with Crippen molar-refractivity contribution in [3.05, 3.63) is 41.0 Å². The molecule has 1 saturated carbocycles. The summed E-state index contributed by atoms with van der Waals surface area (Å²) in [6.07, 6.45) is 7.38. The van der Waals surface area contributed by atoms with E-state index < -0.39 is 0 Å². The normalized spacial score (nSPS) is 28.6. The van der Waals surface area contributed by atoms with Crippen LogP contribution >= 0.6 is 0 Å². The van der Waals surface area contributed by atoms with Gasteiger partial charge >= 0.3 is 0 Å². The maximum Gasteiger partial charge on any atom is 0.0552 e. The first-order chi connectivity index (χ1) is 6.84. The minimum absolute atomic E-state index is 0.0544. The van der Waals surface area contributed by atoms with E-state index in [1.807, 2.05) is 0 Å². The molecule has 0 bridgehead atoms. The summed E-state index contributed by atoms with van der Waals surface area (Å²) in [7, 11) is 0. The largest absolute Gasteiger partial charge is 0.393 e. The Hall–Kier alpha value is -1.08. The molecule has 1 fully saturated rings. The summed E-state index contributed by atoms with van der Waals surface area (Å²) >= 11 is 0. The smallest absolute Gasteiger partial charge is 0.0552 e. The molecule has 1 nitrogen and oxygen atoms in total. The fraction of sp³-hybridized carbons (Fsp3) is 0.385. The fourth-order valence-electron chi connectivity index (χ4n) is 2.52. The summed E-state index contributed by atoms with van der Waals surface area (Å²) in [4.78, 5) is 0. The highest BCUT2D eigenvalue weighted by atomic mass is 16.3. The summed E-state index contributed by atoms with van der Waals surface area (Å²) in [5.74, 6) is 0.600. The van der Waals surface area contributed by atoms with E-state index in [0.717, 1.165) is 19.3 Å². The number of aliphatic hydroxyl groups is 1. The van der Waals surface area contributed by atoms with Gasteiger partial charge in [-0.15, -0.1) is 0 Å². The van der Waals surface area contributed by atoms with Crippen molar-refractivity contribution < 1.29 is 5.11 Å². The van der Waals surface area contributed by atoms with Gasteiger partial charge in [0.05, 0.1) is 6.10 Å².